The van der Waals surface area contributed by atoms with Gasteiger partial charge in [0.1, 0.15) is 11.9 Å². The van der Waals surface area contributed by atoms with E-state index in [1.165, 1.54) is 6.92 Å². The maximum Gasteiger partial charge on any atom is 0.325 e. The summed E-state index contributed by atoms with van der Waals surface area (Å²) in [5.41, 5.74) is 4.94. The zero-order valence-electron chi connectivity index (χ0n) is 18.0. The van der Waals surface area contributed by atoms with Gasteiger partial charge in [0.25, 0.3) is 5.91 Å². The maximum absolute atomic E-state index is 12.7. The minimum Gasteiger partial charge on any atom is -0.480 e. The largest absolute Gasteiger partial charge is 0.480 e. The number of hydrogen-bond acceptors (Lipinski definition) is 4. The Morgan fingerprint density at radius 1 is 1.10 bits per heavy atom. The van der Waals surface area contributed by atoms with Crippen molar-refractivity contribution in [3.63, 3.8) is 0 Å². The molecule has 1 atom stereocenters. The predicted molar refractivity (Wildman–Crippen MR) is 117 cm³/mol. The van der Waals surface area contributed by atoms with E-state index in [1.807, 2.05) is 42.6 Å². The van der Waals surface area contributed by atoms with Gasteiger partial charge in [-0.25, -0.2) is 4.98 Å². The summed E-state index contributed by atoms with van der Waals surface area (Å²) in [7, 11) is 0. The van der Waals surface area contributed by atoms with Crippen molar-refractivity contribution in [3.05, 3.63) is 58.9 Å². The first-order chi connectivity index (χ1) is 14.2. The summed E-state index contributed by atoms with van der Waals surface area (Å²) in [5, 5.41) is 15.2. The van der Waals surface area contributed by atoms with Crippen LogP contribution >= 0.6 is 0 Å². The fourth-order valence-corrected chi connectivity index (χ4v) is 3.42. The number of anilines is 2. The van der Waals surface area contributed by atoms with Gasteiger partial charge in [-0.2, -0.15) is 0 Å². The van der Waals surface area contributed by atoms with E-state index in [4.69, 9.17) is 10.1 Å². The molecule has 0 radical (unpaired) electrons. The lowest BCUT2D eigenvalue weighted by atomic mass is 10.1. The van der Waals surface area contributed by atoms with E-state index in [1.54, 1.807) is 12.1 Å². The van der Waals surface area contributed by atoms with Crippen LogP contribution in [0.2, 0.25) is 0 Å². The van der Waals surface area contributed by atoms with E-state index >= 15 is 0 Å². The SMILES string of the molecule is Cc1cccc(C)c1Nc1c(CC(C)C)nc2c(C(=O)NC(C)C(=O)O)cccn12. The number of aromatic nitrogens is 2. The Labute approximate surface area is 176 Å². The Kier molecular flexibility index (Phi) is 6.10. The third-order valence-corrected chi connectivity index (χ3v) is 5.01. The molecule has 0 spiro atoms. The second kappa shape index (κ2) is 8.57. The number of fused-ring (bicyclic) bond motifs is 1. The van der Waals surface area contributed by atoms with Crippen molar-refractivity contribution in [2.75, 3.05) is 5.32 Å². The van der Waals surface area contributed by atoms with Gasteiger partial charge in [-0.3, -0.25) is 14.0 Å². The van der Waals surface area contributed by atoms with Crippen molar-refractivity contribution < 1.29 is 14.7 Å². The lowest BCUT2D eigenvalue weighted by Crippen LogP contribution is -2.38. The van der Waals surface area contributed by atoms with E-state index < -0.39 is 17.9 Å². The zero-order chi connectivity index (χ0) is 22.0. The van der Waals surface area contributed by atoms with E-state index in [2.05, 4.69) is 24.5 Å². The minimum atomic E-state index is -1.09. The molecule has 0 aliphatic heterocycles. The summed E-state index contributed by atoms with van der Waals surface area (Å²) in [6.45, 7) is 9.77. The average Bonchev–Trinajstić information content (AvgIpc) is 3.00. The highest BCUT2D eigenvalue weighted by molar-refractivity contribution is 6.01. The van der Waals surface area contributed by atoms with Crippen LogP contribution in [0.25, 0.3) is 5.65 Å². The Morgan fingerprint density at radius 3 is 2.37 bits per heavy atom. The summed E-state index contributed by atoms with van der Waals surface area (Å²) >= 11 is 0. The summed E-state index contributed by atoms with van der Waals surface area (Å²) in [5.74, 6) is -0.360. The fraction of sp³-hybridized carbons (Fsp3) is 0.348. The molecule has 1 aromatic carbocycles. The predicted octanol–water partition coefficient (Wildman–Crippen LogP) is 4.10. The number of aryl methyl sites for hydroxylation is 2. The topological polar surface area (TPSA) is 95.7 Å². The monoisotopic (exact) mass is 408 g/mol. The summed E-state index contributed by atoms with van der Waals surface area (Å²) in [4.78, 5) is 28.6. The van der Waals surface area contributed by atoms with E-state index in [0.717, 1.165) is 34.7 Å². The standard InChI is InChI=1S/C23H28N4O3/c1-13(2)12-18-21(26-19-14(3)8-6-9-15(19)4)27-11-7-10-17(20(27)25-18)22(28)24-16(5)23(29)30/h6-11,13,16,26H,12H2,1-5H3,(H,24,28)(H,29,30). The minimum absolute atomic E-state index is 0.338. The van der Waals surface area contributed by atoms with Crippen LogP contribution in [-0.2, 0) is 11.2 Å². The number of amides is 1. The maximum atomic E-state index is 12.7. The van der Waals surface area contributed by atoms with Gasteiger partial charge in [-0.05, 0) is 56.4 Å². The number of aliphatic carboxylic acids is 1. The number of para-hydroxylation sites is 1. The first-order valence-corrected chi connectivity index (χ1v) is 10.1. The van der Waals surface area contributed by atoms with Crippen LogP contribution in [-0.4, -0.2) is 32.4 Å². The molecular weight excluding hydrogens is 380 g/mol. The van der Waals surface area contributed by atoms with Crippen molar-refractivity contribution in [2.45, 2.75) is 47.1 Å². The third kappa shape index (κ3) is 4.30. The number of pyridine rings is 1. The van der Waals surface area contributed by atoms with Gasteiger partial charge < -0.3 is 15.7 Å². The fourth-order valence-electron chi connectivity index (χ4n) is 3.42. The Bertz CT molecular complexity index is 1080. The Morgan fingerprint density at radius 2 is 1.77 bits per heavy atom. The Balaban J connectivity index is 2.12. The molecule has 0 aliphatic rings. The molecule has 3 rings (SSSR count). The number of carbonyl (C=O) groups is 2. The average molecular weight is 409 g/mol. The van der Waals surface area contributed by atoms with Crippen LogP contribution < -0.4 is 10.6 Å². The first-order valence-electron chi connectivity index (χ1n) is 10.1. The zero-order valence-corrected chi connectivity index (χ0v) is 18.0. The second-order valence-corrected chi connectivity index (χ2v) is 8.05. The van der Waals surface area contributed by atoms with Crippen LogP contribution in [0, 0.1) is 19.8 Å². The van der Waals surface area contributed by atoms with Crippen LogP contribution in [0.3, 0.4) is 0 Å². The molecule has 2 heterocycles. The van der Waals surface area contributed by atoms with Crippen LogP contribution in [0.4, 0.5) is 11.5 Å². The van der Waals surface area contributed by atoms with Gasteiger partial charge in [-0.15, -0.1) is 0 Å². The number of hydrogen-bond donors (Lipinski definition) is 3. The number of carboxylic acid groups (broad SMARTS) is 1. The van der Waals surface area contributed by atoms with Crippen LogP contribution in [0.15, 0.2) is 36.5 Å². The molecule has 1 amide bonds. The number of imidazole rings is 1. The number of nitrogens with one attached hydrogen (secondary N) is 2. The molecule has 0 saturated carbocycles. The smallest absolute Gasteiger partial charge is 0.325 e. The number of nitrogens with zero attached hydrogens (tertiary/aromatic N) is 2. The molecule has 0 fully saturated rings. The van der Waals surface area contributed by atoms with Crippen LogP contribution in [0.1, 0.15) is 48.0 Å². The van der Waals surface area contributed by atoms with Gasteiger partial charge >= 0.3 is 5.97 Å². The molecule has 2 aromatic heterocycles. The lowest BCUT2D eigenvalue weighted by Gasteiger charge is -2.15. The molecule has 7 heteroatoms. The lowest BCUT2D eigenvalue weighted by molar-refractivity contribution is -0.138. The molecule has 7 nitrogen and oxygen atoms in total. The normalized spacial score (nSPS) is 12.2. The highest BCUT2D eigenvalue weighted by Gasteiger charge is 2.22. The number of benzene rings is 1. The quantitative estimate of drug-likeness (QED) is 0.547. The summed E-state index contributed by atoms with van der Waals surface area (Å²) in [6.07, 6.45) is 2.60. The molecule has 158 valence electrons. The number of rotatable bonds is 7. The molecule has 1 unspecified atom stereocenters. The van der Waals surface area contributed by atoms with Crippen molar-refractivity contribution in [2.24, 2.45) is 5.92 Å². The third-order valence-electron chi connectivity index (χ3n) is 5.01. The molecule has 0 bridgehead atoms. The summed E-state index contributed by atoms with van der Waals surface area (Å²) < 4.78 is 1.87. The van der Waals surface area contributed by atoms with Crippen molar-refractivity contribution in [3.8, 4) is 0 Å². The van der Waals surface area contributed by atoms with Crippen molar-refractivity contribution >= 4 is 29.0 Å². The number of carbonyl (C=O) groups excluding carboxylic acids is 1. The van der Waals surface area contributed by atoms with Gasteiger partial charge in [0.15, 0.2) is 5.65 Å². The van der Waals surface area contributed by atoms with Gasteiger partial charge in [-0.1, -0.05) is 32.0 Å². The highest BCUT2D eigenvalue weighted by Crippen LogP contribution is 2.29. The Hall–Kier alpha value is -3.35. The summed E-state index contributed by atoms with van der Waals surface area (Å²) in [6, 6.07) is 8.55. The van der Waals surface area contributed by atoms with Crippen LogP contribution in [0.5, 0.6) is 0 Å². The molecule has 0 aliphatic carbocycles. The van der Waals surface area contributed by atoms with Crippen molar-refractivity contribution in [1.29, 1.82) is 0 Å². The van der Waals surface area contributed by atoms with E-state index in [9.17, 15) is 9.59 Å². The first kappa shape index (κ1) is 21.4. The molecule has 30 heavy (non-hydrogen) atoms. The number of carboxylic acids is 1. The van der Waals surface area contributed by atoms with Gasteiger partial charge in [0, 0.05) is 11.9 Å². The molecule has 0 saturated heterocycles. The van der Waals surface area contributed by atoms with E-state index in [0.29, 0.717) is 17.1 Å². The van der Waals surface area contributed by atoms with Gasteiger partial charge in [0.05, 0.1) is 11.3 Å². The molecule has 3 aromatic rings. The highest BCUT2D eigenvalue weighted by atomic mass is 16.4. The van der Waals surface area contributed by atoms with Gasteiger partial charge in [0.2, 0.25) is 0 Å². The second-order valence-electron chi connectivity index (χ2n) is 8.05. The molecular formula is C23H28N4O3. The van der Waals surface area contributed by atoms with E-state index in [-0.39, 0.29) is 0 Å². The molecule has 3 N–H and O–H groups in total. The van der Waals surface area contributed by atoms with Crippen molar-refractivity contribution in [1.82, 2.24) is 14.7 Å².